The van der Waals surface area contributed by atoms with E-state index in [1.54, 1.807) is 10.2 Å². The SMILES string of the molecule is Cn1ncsc1=NC(=Nc1ccccc1)N1CCCC1. The Bertz CT molecular complexity index is 649. The summed E-state index contributed by atoms with van der Waals surface area (Å²) in [6, 6.07) is 9.98. The molecule has 1 aromatic carbocycles. The van der Waals surface area contributed by atoms with E-state index >= 15 is 0 Å². The first-order valence-corrected chi connectivity index (χ1v) is 7.61. The summed E-state index contributed by atoms with van der Waals surface area (Å²) in [7, 11) is 1.90. The third-order valence-electron chi connectivity index (χ3n) is 3.23. The number of para-hydroxylation sites is 1. The van der Waals surface area contributed by atoms with Gasteiger partial charge in [0.05, 0.1) is 5.69 Å². The van der Waals surface area contributed by atoms with Crippen LogP contribution in [-0.2, 0) is 7.05 Å². The zero-order valence-corrected chi connectivity index (χ0v) is 12.3. The van der Waals surface area contributed by atoms with Gasteiger partial charge in [-0.2, -0.15) is 10.1 Å². The summed E-state index contributed by atoms with van der Waals surface area (Å²) in [6.07, 6.45) is 2.41. The summed E-state index contributed by atoms with van der Waals surface area (Å²) in [5, 5.41) is 4.17. The summed E-state index contributed by atoms with van der Waals surface area (Å²) < 4.78 is 1.78. The van der Waals surface area contributed by atoms with Crippen molar-refractivity contribution in [2.75, 3.05) is 13.1 Å². The highest BCUT2D eigenvalue weighted by atomic mass is 32.1. The molecule has 0 N–H and O–H groups in total. The summed E-state index contributed by atoms with van der Waals surface area (Å²) in [6.45, 7) is 2.05. The van der Waals surface area contributed by atoms with Gasteiger partial charge >= 0.3 is 0 Å². The minimum Gasteiger partial charge on any atom is -0.341 e. The molecule has 0 spiro atoms. The van der Waals surface area contributed by atoms with Crippen LogP contribution in [0.5, 0.6) is 0 Å². The first kappa shape index (κ1) is 13.1. The fourth-order valence-corrected chi connectivity index (χ4v) is 2.77. The third kappa shape index (κ3) is 2.96. The number of nitrogens with zero attached hydrogens (tertiary/aromatic N) is 5. The molecule has 5 nitrogen and oxygen atoms in total. The smallest absolute Gasteiger partial charge is 0.228 e. The minimum atomic E-state index is 0.786. The summed E-state index contributed by atoms with van der Waals surface area (Å²) in [5.74, 6) is 0.786. The van der Waals surface area contributed by atoms with Crippen molar-refractivity contribution < 1.29 is 0 Å². The molecule has 1 saturated heterocycles. The van der Waals surface area contributed by atoms with Gasteiger partial charge in [0.25, 0.3) is 0 Å². The molecular formula is C14H17N5S. The number of likely N-dealkylation sites (tertiary alicyclic amines) is 1. The molecule has 0 aliphatic carbocycles. The second kappa shape index (κ2) is 6.00. The van der Waals surface area contributed by atoms with Gasteiger partial charge in [-0.3, -0.25) is 0 Å². The van der Waals surface area contributed by atoms with Crippen LogP contribution in [0.4, 0.5) is 5.69 Å². The van der Waals surface area contributed by atoms with Crippen LogP contribution in [0, 0.1) is 0 Å². The first-order chi connectivity index (χ1) is 9.83. The first-order valence-electron chi connectivity index (χ1n) is 6.73. The Balaban J connectivity index is 2.00. The van der Waals surface area contributed by atoms with E-state index in [-0.39, 0.29) is 0 Å². The van der Waals surface area contributed by atoms with E-state index in [0.29, 0.717) is 0 Å². The highest BCUT2D eigenvalue weighted by Crippen LogP contribution is 2.15. The van der Waals surface area contributed by atoms with Crippen LogP contribution < -0.4 is 4.80 Å². The average molecular weight is 287 g/mol. The molecular weight excluding hydrogens is 270 g/mol. The van der Waals surface area contributed by atoms with Crippen molar-refractivity contribution in [2.45, 2.75) is 12.8 Å². The van der Waals surface area contributed by atoms with Crippen LogP contribution >= 0.6 is 11.3 Å². The quantitative estimate of drug-likeness (QED) is 0.596. The standard InChI is InChI=1S/C14H17N5S/c1-18-14(20-11-15-18)17-13(19-9-5-6-10-19)16-12-7-3-2-4-8-12/h2-4,7-8,11H,5-6,9-10H2,1H3. The fraction of sp³-hybridized carbons (Fsp3) is 0.357. The van der Waals surface area contributed by atoms with Gasteiger partial charge in [0.2, 0.25) is 10.8 Å². The molecule has 0 bridgehead atoms. The molecule has 104 valence electrons. The summed E-state index contributed by atoms with van der Waals surface area (Å²) >= 11 is 1.52. The van der Waals surface area contributed by atoms with Crippen LogP contribution in [-0.4, -0.2) is 33.7 Å². The lowest BCUT2D eigenvalue weighted by Crippen LogP contribution is -2.29. The largest absolute Gasteiger partial charge is 0.341 e. The number of hydrogen-bond donors (Lipinski definition) is 0. The zero-order chi connectivity index (χ0) is 13.8. The predicted octanol–water partition coefficient (Wildman–Crippen LogP) is 2.17. The Hall–Kier alpha value is -1.95. The van der Waals surface area contributed by atoms with Crippen molar-refractivity contribution in [1.29, 1.82) is 0 Å². The molecule has 20 heavy (non-hydrogen) atoms. The Morgan fingerprint density at radius 3 is 2.60 bits per heavy atom. The zero-order valence-electron chi connectivity index (χ0n) is 11.4. The van der Waals surface area contributed by atoms with E-state index in [4.69, 9.17) is 9.98 Å². The highest BCUT2D eigenvalue weighted by Gasteiger charge is 2.16. The molecule has 2 aromatic rings. The number of rotatable bonds is 1. The summed E-state index contributed by atoms with van der Waals surface area (Å²) in [4.78, 5) is 12.5. The van der Waals surface area contributed by atoms with Gasteiger partial charge in [-0.15, -0.1) is 0 Å². The van der Waals surface area contributed by atoms with Gasteiger partial charge in [-0.25, -0.2) is 9.67 Å². The molecule has 0 unspecified atom stereocenters. The van der Waals surface area contributed by atoms with Crippen molar-refractivity contribution in [2.24, 2.45) is 17.0 Å². The monoisotopic (exact) mass is 287 g/mol. The van der Waals surface area contributed by atoms with Gasteiger partial charge in [0, 0.05) is 20.1 Å². The van der Waals surface area contributed by atoms with Gasteiger partial charge in [0.1, 0.15) is 5.51 Å². The average Bonchev–Trinajstić information content (AvgIpc) is 3.12. The lowest BCUT2D eigenvalue weighted by atomic mass is 10.3. The predicted molar refractivity (Wildman–Crippen MR) is 81.0 cm³/mol. The van der Waals surface area contributed by atoms with Crippen molar-refractivity contribution >= 4 is 23.0 Å². The lowest BCUT2D eigenvalue weighted by molar-refractivity contribution is 0.511. The maximum atomic E-state index is 4.70. The van der Waals surface area contributed by atoms with E-state index in [2.05, 4.69) is 10.00 Å². The van der Waals surface area contributed by atoms with Crippen LogP contribution in [0.2, 0.25) is 0 Å². The number of aromatic nitrogens is 2. The molecule has 1 fully saturated rings. The Labute approximate surface area is 121 Å². The maximum Gasteiger partial charge on any atom is 0.228 e. The van der Waals surface area contributed by atoms with Gasteiger partial charge in [-0.1, -0.05) is 29.5 Å². The van der Waals surface area contributed by atoms with Gasteiger partial charge in [0.15, 0.2) is 0 Å². The molecule has 1 aliphatic heterocycles. The van der Waals surface area contributed by atoms with Crippen molar-refractivity contribution in [3.63, 3.8) is 0 Å². The molecule has 6 heteroatoms. The number of aliphatic imine (C=N–C) groups is 1. The van der Waals surface area contributed by atoms with Gasteiger partial charge < -0.3 is 4.90 Å². The fourth-order valence-electron chi connectivity index (χ4n) is 2.15. The van der Waals surface area contributed by atoms with Crippen LogP contribution in [0.15, 0.2) is 45.8 Å². The van der Waals surface area contributed by atoms with E-state index in [0.717, 1.165) is 29.5 Å². The molecule has 0 amide bonds. The Morgan fingerprint density at radius 2 is 1.95 bits per heavy atom. The Kier molecular flexibility index (Phi) is 3.92. The highest BCUT2D eigenvalue weighted by molar-refractivity contribution is 7.06. The van der Waals surface area contributed by atoms with Crippen LogP contribution in [0.3, 0.4) is 0 Å². The Morgan fingerprint density at radius 1 is 1.20 bits per heavy atom. The number of benzene rings is 1. The van der Waals surface area contributed by atoms with Crippen molar-refractivity contribution in [3.8, 4) is 0 Å². The lowest BCUT2D eigenvalue weighted by Gasteiger charge is -2.15. The normalized spacial score (nSPS) is 16.9. The van der Waals surface area contributed by atoms with E-state index < -0.39 is 0 Å². The summed E-state index contributed by atoms with van der Waals surface area (Å²) in [5.41, 5.74) is 2.73. The second-order valence-electron chi connectivity index (χ2n) is 4.70. The molecule has 1 aromatic heterocycles. The topological polar surface area (TPSA) is 45.8 Å². The molecule has 2 heterocycles. The number of guanidine groups is 1. The van der Waals surface area contributed by atoms with Crippen LogP contribution in [0.25, 0.3) is 0 Å². The number of aryl methyl sites for hydroxylation is 1. The van der Waals surface area contributed by atoms with E-state index in [1.807, 2.05) is 37.4 Å². The van der Waals surface area contributed by atoms with E-state index in [9.17, 15) is 0 Å². The minimum absolute atomic E-state index is 0.786. The third-order valence-corrected chi connectivity index (χ3v) is 3.99. The molecule has 1 aliphatic rings. The molecule has 3 rings (SSSR count). The van der Waals surface area contributed by atoms with Gasteiger partial charge in [-0.05, 0) is 25.0 Å². The van der Waals surface area contributed by atoms with E-state index in [1.165, 1.54) is 24.2 Å². The number of hydrogen-bond acceptors (Lipinski definition) is 3. The van der Waals surface area contributed by atoms with Crippen LogP contribution in [0.1, 0.15) is 12.8 Å². The molecule has 0 atom stereocenters. The van der Waals surface area contributed by atoms with Crippen molar-refractivity contribution in [1.82, 2.24) is 14.7 Å². The maximum absolute atomic E-state index is 4.70. The molecule has 0 radical (unpaired) electrons. The van der Waals surface area contributed by atoms with Crippen molar-refractivity contribution in [3.05, 3.63) is 40.6 Å². The molecule has 0 saturated carbocycles. The second-order valence-corrected chi connectivity index (χ2v) is 5.51.